The Morgan fingerprint density at radius 1 is 1.54 bits per heavy atom. The molecular formula is C7H6N4O2. The van der Waals surface area contributed by atoms with Gasteiger partial charge in [-0.15, -0.1) is 4.63 Å². The van der Waals surface area contributed by atoms with Crippen LogP contribution in [0, 0.1) is 6.92 Å². The molecular weight excluding hydrogens is 172 g/mol. The van der Waals surface area contributed by atoms with Crippen molar-refractivity contribution in [2.75, 3.05) is 0 Å². The van der Waals surface area contributed by atoms with Crippen LogP contribution in [0.2, 0.25) is 0 Å². The molecule has 0 aliphatic rings. The van der Waals surface area contributed by atoms with E-state index >= 15 is 0 Å². The first-order valence-electron chi connectivity index (χ1n) is 3.59. The highest BCUT2D eigenvalue weighted by Crippen LogP contribution is 2.05. The Bertz CT molecular complexity index is 476. The normalized spacial score (nSPS) is 10.5. The van der Waals surface area contributed by atoms with Gasteiger partial charge in [0.15, 0.2) is 5.65 Å². The van der Waals surface area contributed by atoms with Gasteiger partial charge in [-0.05, 0) is 6.92 Å². The Kier molecular flexibility index (Phi) is 1.48. The Balaban J connectivity index is 2.76. The molecule has 0 spiro atoms. The molecule has 0 fully saturated rings. The first-order valence-corrected chi connectivity index (χ1v) is 3.59. The van der Waals surface area contributed by atoms with Gasteiger partial charge in [-0.1, -0.05) is 0 Å². The summed E-state index contributed by atoms with van der Waals surface area (Å²) in [5.41, 5.74) is 1.01. The van der Waals surface area contributed by atoms with Crippen molar-refractivity contribution >= 4 is 11.6 Å². The lowest BCUT2D eigenvalue weighted by atomic mass is 10.3. The van der Waals surface area contributed by atoms with Gasteiger partial charge < -0.3 is 5.11 Å². The fraction of sp³-hybridized carbons (Fsp3) is 0.143. The van der Waals surface area contributed by atoms with Crippen LogP contribution < -0.4 is 0 Å². The minimum atomic E-state index is -1.05. The molecule has 0 saturated heterocycles. The number of rotatable bonds is 1. The number of carbonyl (C=O) groups is 1. The first kappa shape index (κ1) is 7.66. The summed E-state index contributed by atoms with van der Waals surface area (Å²) >= 11 is 0. The summed E-state index contributed by atoms with van der Waals surface area (Å²) in [6, 6.07) is 0. The highest BCUT2D eigenvalue weighted by atomic mass is 16.4. The maximum atomic E-state index is 10.6. The molecule has 0 aliphatic heterocycles. The number of aromatic carboxylic acids is 1. The Labute approximate surface area is 72.8 Å². The van der Waals surface area contributed by atoms with E-state index in [-0.39, 0.29) is 11.2 Å². The smallest absolute Gasteiger partial charge is 0.341 e. The lowest BCUT2D eigenvalue weighted by Crippen LogP contribution is -2.01. The lowest BCUT2D eigenvalue weighted by Gasteiger charge is -1.93. The molecule has 2 rings (SSSR count). The predicted molar refractivity (Wildman–Crippen MR) is 42.5 cm³/mol. The predicted octanol–water partition coefficient (Wildman–Crippen LogP) is 0.131. The number of fused-ring (bicyclic) bond motifs is 1. The Morgan fingerprint density at radius 3 is 3.00 bits per heavy atom. The number of carboxylic acids is 1. The van der Waals surface area contributed by atoms with Crippen LogP contribution in [-0.4, -0.2) is 30.9 Å². The monoisotopic (exact) mass is 178 g/mol. The summed E-state index contributed by atoms with van der Waals surface area (Å²) < 4.78 is 1.21. The summed E-state index contributed by atoms with van der Waals surface area (Å²) in [5.74, 6) is -1.05. The molecule has 2 heterocycles. The zero-order chi connectivity index (χ0) is 9.42. The van der Waals surface area contributed by atoms with Crippen LogP contribution in [0.25, 0.3) is 5.65 Å². The summed E-state index contributed by atoms with van der Waals surface area (Å²) in [4.78, 5) is 14.6. The van der Waals surface area contributed by atoms with Crippen molar-refractivity contribution in [3.8, 4) is 0 Å². The fourth-order valence-electron chi connectivity index (χ4n) is 1.01. The Morgan fingerprint density at radius 2 is 2.31 bits per heavy atom. The van der Waals surface area contributed by atoms with Gasteiger partial charge in [0.05, 0.1) is 18.1 Å². The van der Waals surface area contributed by atoms with Crippen molar-refractivity contribution in [1.82, 2.24) is 19.8 Å². The van der Waals surface area contributed by atoms with Crippen LogP contribution in [-0.2, 0) is 0 Å². The zero-order valence-corrected chi connectivity index (χ0v) is 6.80. The van der Waals surface area contributed by atoms with Crippen molar-refractivity contribution < 1.29 is 9.90 Å². The van der Waals surface area contributed by atoms with Crippen molar-refractivity contribution in [3.63, 3.8) is 0 Å². The molecule has 0 aliphatic carbocycles. The summed E-state index contributed by atoms with van der Waals surface area (Å²) in [5, 5.41) is 16.4. The fourth-order valence-corrected chi connectivity index (χ4v) is 1.01. The van der Waals surface area contributed by atoms with E-state index in [0.29, 0.717) is 5.69 Å². The molecule has 6 heteroatoms. The van der Waals surface area contributed by atoms with Gasteiger partial charge >= 0.3 is 5.97 Å². The number of hydrogen-bond acceptors (Lipinski definition) is 4. The van der Waals surface area contributed by atoms with Gasteiger partial charge in [0.2, 0.25) is 0 Å². The quantitative estimate of drug-likeness (QED) is 0.671. The standard InChI is InChI=1S/C7H6N4O2/c1-4-2-8-6-5(7(12)13)3-9-11(6)10-4/h2-3H,1H3,(H,12,13). The second-order valence-corrected chi connectivity index (χ2v) is 2.58. The molecule has 0 radical (unpaired) electrons. The topological polar surface area (TPSA) is 80.4 Å². The highest BCUT2D eigenvalue weighted by Gasteiger charge is 2.12. The van der Waals surface area contributed by atoms with Crippen molar-refractivity contribution in [2.45, 2.75) is 6.92 Å². The maximum Gasteiger partial charge on any atom is 0.341 e. The van der Waals surface area contributed by atoms with E-state index in [1.807, 2.05) is 0 Å². The van der Waals surface area contributed by atoms with Crippen LogP contribution in [0.1, 0.15) is 16.1 Å². The van der Waals surface area contributed by atoms with Crippen molar-refractivity contribution in [1.29, 1.82) is 0 Å². The summed E-state index contributed by atoms with van der Waals surface area (Å²) in [6.07, 6.45) is 2.74. The molecule has 13 heavy (non-hydrogen) atoms. The molecule has 0 saturated carbocycles. The number of nitrogens with zero attached hydrogens (tertiary/aromatic N) is 4. The van der Waals surface area contributed by atoms with Crippen molar-refractivity contribution in [3.05, 3.63) is 23.7 Å². The van der Waals surface area contributed by atoms with Crippen LogP contribution in [0.5, 0.6) is 0 Å². The molecule has 0 aromatic carbocycles. The van der Waals surface area contributed by atoms with Crippen LogP contribution in [0.15, 0.2) is 12.4 Å². The van der Waals surface area contributed by atoms with Gasteiger partial charge in [-0.3, -0.25) is 0 Å². The van der Waals surface area contributed by atoms with E-state index in [0.717, 1.165) is 0 Å². The molecule has 1 N–H and O–H groups in total. The summed E-state index contributed by atoms with van der Waals surface area (Å²) in [6.45, 7) is 1.76. The van der Waals surface area contributed by atoms with E-state index < -0.39 is 5.97 Å². The number of hydrogen-bond donors (Lipinski definition) is 1. The lowest BCUT2D eigenvalue weighted by molar-refractivity contribution is 0.0698. The summed E-state index contributed by atoms with van der Waals surface area (Å²) in [7, 11) is 0. The van der Waals surface area contributed by atoms with E-state index in [9.17, 15) is 4.79 Å². The van der Waals surface area contributed by atoms with E-state index in [2.05, 4.69) is 15.2 Å². The van der Waals surface area contributed by atoms with Gasteiger partial charge in [-0.2, -0.15) is 10.2 Å². The van der Waals surface area contributed by atoms with E-state index in [1.165, 1.54) is 17.0 Å². The molecule has 6 nitrogen and oxygen atoms in total. The van der Waals surface area contributed by atoms with E-state index in [1.54, 1.807) is 6.92 Å². The molecule has 0 atom stereocenters. The molecule has 0 bridgehead atoms. The van der Waals surface area contributed by atoms with Crippen LogP contribution in [0.3, 0.4) is 0 Å². The second-order valence-electron chi connectivity index (χ2n) is 2.58. The van der Waals surface area contributed by atoms with Gasteiger partial charge in [0.1, 0.15) is 5.56 Å². The number of carboxylic acid groups (broad SMARTS) is 1. The second kappa shape index (κ2) is 2.51. The third-order valence-corrected chi connectivity index (χ3v) is 1.58. The van der Waals surface area contributed by atoms with Crippen molar-refractivity contribution in [2.24, 2.45) is 0 Å². The zero-order valence-electron chi connectivity index (χ0n) is 6.80. The molecule has 66 valence electrons. The first-order chi connectivity index (χ1) is 6.18. The highest BCUT2D eigenvalue weighted by molar-refractivity contribution is 5.93. The molecule has 0 unspecified atom stereocenters. The largest absolute Gasteiger partial charge is 0.477 e. The Hall–Kier alpha value is -1.98. The van der Waals surface area contributed by atoms with Gasteiger partial charge in [0, 0.05) is 0 Å². The minimum Gasteiger partial charge on any atom is -0.477 e. The molecule has 2 aromatic heterocycles. The van der Waals surface area contributed by atoms with Crippen LogP contribution >= 0.6 is 0 Å². The number of aromatic nitrogens is 4. The third kappa shape index (κ3) is 1.12. The maximum absolute atomic E-state index is 10.6. The SMILES string of the molecule is Cc1cnc2c(C(=O)O)cnn2n1. The average Bonchev–Trinajstić information content (AvgIpc) is 2.46. The molecule has 2 aromatic rings. The van der Waals surface area contributed by atoms with Gasteiger partial charge in [-0.25, -0.2) is 9.78 Å². The van der Waals surface area contributed by atoms with E-state index in [4.69, 9.17) is 5.11 Å². The van der Waals surface area contributed by atoms with Crippen LogP contribution in [0.4, 0.5) is 0 Å². The average molecular weight is 178 g/mol. The minimum absolute atomic E-state index is 0.0625. The molecule has 0 amide bonds. The third-order valence-electron chi connectivity index (χ3n) is 1.58. The number of aryl methyl sites for hydroxylation is 1. The van der Waals surface area contributed by atoms with Gasteiger partial charge in [0.25, 0.3) is 0 Å².